The molecule has 0 saturated heterocycles. The van der Waals surface area contributed by atoms with Crippen LogP contribution in [0.2, 0.25) is 0 Å². The standard InChI is InChI=1S/C13H16N4O3/c1-17-11-6-9(7-15-10(11)8-16-17)13(19)14-5-3-4-12(18)20-2/h6-8H,3-5H2,1-2H3,(H,14,19). The summed E-state index contributed by atoms with van der Waals surface area (Å²) in [6.07, 6.45) is 3.99. The van der Waals surface area contributed by atoms with Crippen LogP contribution in [-0.2, 0) is 16.6 Å². The number of aryl methyl sites for hydroxylation is 1. The smallest absolute Gasteiger partial charge is 0.305 e. The molecule has 0 aromatic carbocycles. The Morgan fingerprint density at radius 2 is 2.20 bits per heavy atom. The summed E-state index contributed by atoms with van der Waals surface area (Å²) in [6.45, 7) is 0.414. The Labute approximate surface area is 115 Å². The van der Waals surface area contributed by atoms with E-state index in [1.54, 1.807) is 24.0 Å². The van der Waals surface area contributed by atoms with Crippen LogP contribution in [0.25, 0.3) is 11.0 Å². The fraction of sp³-hybridized carbons (Fsp3) is 0.385. The first-order valence-electron chi connectivity index (χ1n) is 6.24. The number of nitrogens with zero attached hydrogens (tertiary/aromatic N) is 3. The van der Waals surface area contributed by atoms with E-state index in [1.165, 1.54) is 13.3 Å². The molecule has 0 fully saturated rings. The zero-order chi connectivity index (χ0) is 14.5. The number of methoxy groups -OCH3 is 1. The van der Waals surface area contributed by atoms with Crippen molar-refractivity contribution in [2.45, 2.75) is 12.8 Å². The fourth-order valence-corrected chi connectivity index (χ4v) is 1.79. The molecule has 2 aromatic heterocycles. The zero-order valence-electron chi connectivity index (χ0n) is 11.4. The van der Waals surface area contributed by atoms with Crippen molar-refractivity contribution in [3.63, 3.8) is 0 Å². The Morgan fingerprint density at radius 1 is 1.40 bits per heavy atom. The summed E-state index contributed by atoms with van der Waals surface area (Å²) >= 11 is 0. The van der Waals surface area contributed by atoms with E-state index in [9.17, 15) is 9.59 Å². The lowest BCUT2D eigenvalue weighted by atomic mass is 10.2. The molecule has 0 aliphatic rings. The average molecular weight is 276 g/mol. The summed E-state index contributed by atoms with van der Waals surface area (Å²) in [7, 11) is 3.14. The molecule has 0 bridgehead atoms. The summed E-state index contributed by atoms with van der Waals surface area (Å²) in [5.41, 5.74) is 2.01. The molecule has 0 atom stereocenters. The van der Waals surface area contributed by atoms with E-state index in [-0.39, 0.29) is 18.3 Å². The Bertz CT molecular complexity index is 636. The maximum Gasteiger partial charge on any atom is 0.305 e. The largest absolute Gasteiger partial charge is 0.469 e. The quantitative estimate of drug-likeness (QED) is 0.640. The van der Waals surface area contributed by atoms with Crippen LogP contribution in [0.1, 0.15) is 23.2 Å². The van der Waals surface area contributed by atoms with Crippen molar-refractivity contribution in [3.05, 3.63) is 24.0 Å². The maximum absolute atomic E-state index is 11.9. The van der Waals surface area contributed by atoms with E-state index in [0.717, 1.165) is 11.0 Å². The van der Waals surface area contributed by atoms with Gasteiger partial charge >= 0.3 is 5.97 Å². The van der Waals surface area contributed by atoms with Gasteiger partial charge < -0.3 is 10.1 Å². The Balaban J connectivity index is 1.94. The number of rotatable bonds is 5. The molecule has 0 saturated carbocycles. The molecule has 106 valence electrons. The molecule has 0 radical (unpaired) electrons. The number of hydrogen-bond acceptors (Lipinski definition) is 5. The number of pyridine rings is 1. The van der Waals surface area contributed by atoms with Gasteiger partial charge in [0.15, 0.2) is 0 Å². The van der Waals surface area contributed by atoms with Gasteiger partial charge in [0.25, 0.3) is 5.91 Å². The summed E-state index contributed by atoms with van der Waals surface area (Å²) in [6, 6.07) is 1.74. The van der Waals surface area contributed by atoms with Crippen molar-refractivity contribution in [1.82, 2.24) is 20.1 Å². The molecular weight excluding hydrogens is 260 g/mol. The Morgan fingerprint density at radius 3 is 2.95 bits per heavy atom. The van der Waals surface area contributed by atoms with Crippen LogP contribution in [0.3, 0.4) is 0 Å². The normalized spacial score (nSPS) is 10.5. The molecule has 2 rings (SSSR count). The number of fused-ring (bicyclic) bond motifs is 1. The second-order valence-electron chi connectivity index (χ2n) is 4.33. The van der Waals surface area contributed by atoms with Crippen molar-refractivity contribution >= 4 is 22.9 Å². The number of ether oxygens (including phenoxy) is 1. The molecule has 20 heavy (non-hydrogen) atoms. The lowest BCUT2D eigenvalue weighted by Gasteiger charge is -2.05. The third kappa shape index (κ3) is 3.11. The molecule has 7 nitrogen and oxygen atoms in total. The van der Waals surface area contributed by atoms with E-state index in [0.29, 0.717) is 18.5 Å². The molecule has 2 heterocycles. The summed E-state index contributed by atoms with van der Waals surface area (Å²) < 4.78 is 6.19. The van der Waals surface area contributed by atoms with Gasteiger partial charge in [-0.1, -0.05) is 0 Å². The Hall–Kier alpha value is -2.44. The Kier molecular flexibility index (Phi) is 4.29. The van der Waals surface area contributed by atoms with Gasteiger partial charge in [0.05, 0.1) is 24.4 Å². The van der Waals surface area contributed by atoms with Gasteiger partial charge in [0, 0.05) is 26.2 Å². The minimum Gasteiger partial charge on any atom is -0.469 e. The highest BCUT2D eigenvalue weighted by Gasteiger charge is 2.09. The first-order chi connectivity index (χ1) is 9.61. The lowest BCUT2D eigenvalue weighted by Crippen LogP contribution is -2.25. The average Bonchev–Trinajstić information content (AvgIpc) is 2.84. The van der Waals surface area contributed by atoms with Crippen LogP contribution in [0.15, 0.2) is 18.5 Å². The molecule has 7 heteroatoms. The maximum atomic E-state index is 11.9. The first kappa shape index (κ1) is 14.0. The van der Waals surface area contributed by atoms with Gasteiger partial charge in [0.1, 0.15) is 5.52 Å². The van der Waals surface area contributed by atoms with E-state index in [2.05, 4.69) is 20.1 Å². The zero-order valence-corrected chi connectivity index (χ0v) is 11.4. The number of aromatic nitrogens is 3. The monoisotopic (exact) mass is 276 g/mol. The molecule has 1 N–H and O–H groups in total. The number of nitrogens with one attached hydrogen (secondary N) is 1. The second kappa shape index (κ2) is 6.14. The summed E-state index contributed by atoms with van der Waals surface area (Å²) in [5.74, 6) is -0.498. The van der Waals surface area contributed by atoms with Gasteiger partial charge in [-0.05, 0) is 12.5 Å². The molecule has 0 aliphatic carbocycles. The van der Waals surface area contributed by atoms with Crippen LogP contribution in [0.5, 0.6) is 0 Å². The van der Waals surface area contributed by atoms with Crippen LogP contribution in [0.4, 0.5) is 0 Å². The molecule has 0 aliphatic heterocycles. The van der Waals surface area contributed by atoms with Gasteiger partial charge in [-0.25, -0.2) is 0 Å². The van der Waals surface area contributed by atoms with Crippen molar-refractivity contribution in [2.24, 2.45) is 7.05 Å². The molecule has 0 unspecified atom stereocenters. The van der Waals surface area contributed by atoms with Gasteiger partial charge in [-0.15, -0.1) is 0 Å². The molecule has 0 spiro atoms. The van der Waals surface area contributed by atoms with Gasteiger partial charge in [-0.2, -0.15) is 5.10 Å². The summed E-state index contributed by atoms with van der Waals surface area (Å²) in [4.78, 5) is 27.0. The molecular formula is C13H16N4O3. The van der Waals surface area contributed by atoms with E-state index in [4.69, 9.17) is 0 Å². The van der Waals surface area contributed by atoms with Crippen LogP contribution >= 0.6 is 0 Å². The first-order valence-corrected chi connectivity index (χ1v) is 6.24. The van der Waals surface area contributed by atoms with E-state index >= 15 is 0 Å². The van der Waals surface area contributed by atoms with E-state index in [1.807, 2.05) is 0 Å². The fourth-order valence-electron chi connectivity index (χ4n) is 1.79. The topological polar surface area (TPSA) is 86.1 Å². The highest BCUT2D eigenvalue weighted by Crippen LogP contribution is 2.11. The number of amides is 1. The predicted molar refractivity (Wildman–Crippen MR) is 72.1 cm³/mol. The van der Waals surface area contributed by atoms with Crippen LogP contribution < -0.4 is 5.32 Å². The number of carbonyl (C=O) groups excluding carboxylic acids is 2. The molecule has 1 amide bonds. The predicted octanol–water partition coefficient (Wildman–Crippen LogP) is 0.651. The minimum absolute atomic E-state index is 0.217. The molecule has 2 aromatic rings. The van der Waals surface area contributed by atoms with Crippen LogP contribution in [0, 0.1) is 0 Å². The van der Waals surface area contributed by atoms with Crippen molar-refractivity contribution in [1.29, 1.82) is 0 Å². The van der Waals surface area contributed by atoms with Gasteiger partial charge in [0.2, 0.25) is 0 Å². The minimum atomic E-state index is -0.280. The third-order valence-corrected chi connectivity index (χ3v) is 2.93. The lowest BCUT2D eigenvalue weighted by molar-refractivity contribution is -0.140. The van der Waals surface area contributed by atoms with Crippen molar-refractivity contribution in [2.75, 3.05) is 13.7 Å². The van der Waals surface area contributed by atoms with Crippen LogP contribution in [-0.4, -0.2) is 40.3 Å². The third-order valence-electron chi connectivity index (χ3n) is 2.93. The van der Waals surface area contributed by atoms with Crippen molar-refractivity contribution < 1.29 is 14.3 Å². The van der Waals surface area contributed by atoms with E-state index < -0.39 is 0 Å². The SMILES string of the molecule is COC(=O)CCCNC(=O)c1cnc2cnn(C)c2c1. The highest BCUT2D eigenvalue weighted by atomic mass is 16.5. The number of carbonyl (C=O) groups is 2. The highest BCUT2D eigenvalue weighted by molar-refractivity contribution is 5.96. The number of esters is 1. The summed E-state index contributed by atoms with van der Waals surface area (Å²) in [5, 5.41) is 6.81. The number of hydrogen-bond donors (Lipinski definition) is 1. The van der Waals surface area contributed by atoms with Crippen molar-refractivity contribution in [3.8, 4) is 0 Å². The van der Waals surface area contributed by atoms with Gasteiger partial charge in [-0.3, -0.25) is 19.3 Å². The second-order valence-corrected chi connectivity index (χ2v) is 4.33.